The van der Waals surface area contributed by atoms with Gasteiger partial charge in [-0.05, 0) is 50.3 Å². The maximum Gasteiger partial charge on any atom is 0.231 e. The van der Waals surface area contributed by atoms with Gasteiger partial charge in [0, 0.05) is 0 Å². The van der Waals surface area contributed by atoms with Gasteiger partial charge in [0.05, 0.1) is 5.60 Å². The molecule has 0 bridgehead atoms. The van der Waals surface area contributed by atoms with Crippen LogP contribution in [0.1, 0.15) is 52.0 Å². The van der Waals surface area contributed by atoms with Crippen LogP contribution in [0.5, 0.6) is 11.5 Å². The number of allylic oxidation sites excluding steroid dienone is 3. The predicted octanol–water partition coefficient (Wildman–Crippen LogP) is 4.71. The van der Waals surface area contributed by atoms with E-state index in [1.165, 1.54) is 5.57 Å². The van der Waals surface area contributed by atoms with E-state index >= 15 is 0 Å². The highest BCUT2D eigenvalue weighted by Gasteiger charge is 2.17. The molecular formula is C19H26O3. The molecule has 1 atom stereocenters. The number of rotatable bonds is 7. The third-order valence-electron chi connectivity index (χ3n) is 4.22. The van der Waals surface area contributed by atoms with Crippen molar-refractivity contribution in [1.29, 1.82) is 0 Å². The summed E-state index contributed by atoms with van der Waals surface area (Å²) in [7, 11) is 0. The third-order valence-corrected chi connectivity index (χ3v) is 4.22. The molecule has 120 valence electrons. The van der Waals surface area contributed by atoms with Crippen LogP contribution in [-0.4, -0.2) is 17.5 Å². The Hall–Kier alpha value is -1.74. The van der Waals surface area contributed by atoms with E-state index in [4.69, 9.17) is 9.47 Å². The third kappa shape index (κ3) is 4.63. The Balaban J connectivity index is 1.96. The number of hydrogen-bond acceptors (Lipinski definition) is 3. The van der Waals surface area contributed by atoms with Crippen LogP contribution in [0.2, 0.25) is 0 Å². The maximum atomic E-state index is 10.1. The van der Waals surface area contributed by atoms with Crippen molar-refractivity contribution in [2.75, 3.05) is 6.79 Å². The molecule has 1 aromatic carbocycles. The Labute approximate surface area is 133 Å². The van der Waals surface area contributed by atoms with E-state index in [2.05, 4.69) is 25.2 Å². The van der Waals surface area contributed by atoms with E-state index in [0.29, 0.717) is 6.79 Å². The molecule has 0 fully saturated rings. The van der Waals surface area contributed by atoms with Gasteiger partial charge in [0.2, 0.25) is 6.79 Å². The highest BCUT2D eigenvalue weighted by molar-refractivity contribution is 5.57. The minimum Gasteiger partial charge on any atom is -0.454 e. The Morgan fingerprint density at radius 2 is 2.05 bits per heavy atom. The smallest absolute Gasteiger partial charge is 0.231 e. The summed E-state index contributed by atoms with van der Waals surface area (Å²) < 4.78 is 10.7. The zero-order chi connectivity index (χ0) is 16.0. The Morgan fingerprint density at radius 3 is 2.77 bits per heavy atom. The minimum absolute atomic E-state index is 0.305. The van der Waals surface area contributed by atoms with E-state index in [0.717, 1.165) is 42.7 Å². The fourth-order valence-corrected chi connectivity index (χ4v) is 2.30. The molecule has 1 aliphatic rings. The molecule has 0 saturated heterocycles. The van der Waals surface area contributed by atoms with Crippen molar-refractivity contribution in [1.82, 2.24) is 0 Å². The van der Waals surface area contributed by atoms with E-state index in [-0.39, 0.29) is 0 Å². The lowest BCUT2D eigenvalue weighted by molar-refractivity contribution is 0.0471. The highest BCUT2D eigenvalue weighted by atomic mass is 16.7. The lowest BCUT2D eigenvalue weighted by Gasteiger charge is -2.21. The van der Waals surface area contributed by atoms with Crippen LogP contribution in [0.15, 0.2) is 35.9 Å². The average molecular weight is 302 g/mol. The summed E-state index contributed by atoms with van der Waals surface area (Å²) in [4.78, 5) is 0. The zero-order valence-electron chi connectivity index (χ0n) is 13.8. The van der Waals surface area contributed by atoms with Crippen LogP contribution in [0, 0.1) is 0 Å². The molecule has 0 radical (unpaired) electrons. The van der Waals surface area contributed by atoms with Crippen LogP contribution in [0.25, 0.3) is 6.08 Å². The lowest BCUT2D eigenvalue weighted by atomic mass is 9.93. The van der Waals surface area contributed by atoms with Crippen molar-refractivity contribution in [2.45, 2.75) is 52.1 Å². The molecule has 0 amide bonds. The van der Waals surface area contributed by atoms with Gasteiger partial charge in [-0.2, -0.15) is 0 Å². The van der Waals surface area contributed by atoms with Crippen molar-refractivity contribution < 1.29 is 14.6 Å². The van der Waals surface area contributed by atoms with Gasteiger partial charge in [0.15, 0.2) is 11.5 Å². The molecule has 1 unspecified atom stereocenters. The molecule has 3 nitrogen and oxygen atoms in total. The van der Waals surface area contributed by atoms with E-state index < -0.39 is 5.60 Å². The van der Waals surface area contributed by atoms with Crippen molar-refractivity contribution in [3.8, 4) is 11.5 Å². The van der Waals surface area contributed by atoms with Gasteiger partial charge in [-0.1, -0.05) is 43.7 Å². The minimum atomic E-state index is -0.560. The number of ether oxygens (including phenoxy) is 2. The average Bonchev–Trinajstić information content (AvgIpc) is 2.98. The summed E-state index contributed by atoms with van der Waals surface area (Å²) in [6, 6.07) is 5.94. The van der Waals surface area contributed by atoms with Gasteiger partial charge in [0.25, 0.3) is 0 Å². The molecule has 2 rings (SSSR count). The summed E-state index contributed by atoms with van der Waals surface area (Å²) in [6.45, 7) is 6.39. The molecule has 0 aliphatic carbocycles. The second kappa shape index (κ2) is 7.50. The molecule has 3 heteroatoms. The molecular weight excluding hydrogens is 276 g/mol. The Morgan fingerprint density at radius 1 is 1.27 bits per heavy atom. The second-order valence-corrected chi connectivity index (χ2v) is 6.00. The number of fused-ring (bicyclic) bond motifs is 1. The highest BCUT2D eigenvalue weighted by Crippen LogP contribution is 2.32. The standard InChI is InChI=1S/C19H26O3/c1-4-15(11-12-19(3,20)5-2)7-6-8-16-9-10-17-18(13-16)22-14-21-17/h6-10,13,20H,4-5,11-12,14H2,1-3H3/b8-6+,15-7+. The first-order valence-corrected chi connectivity index (χ1v) is 8.02. The maximum absolute atomic E-state index is 10.1. The molecule has 1 aliphatic heterocycles. The lowest BCUT2D eigenvalue weighted by Crippen LogP contribution is -2.22. The van der Waals surface area contributed by atoms with Crippen molar-refractivity contribution in [2.24, 2.45) is 0 Å². The summed E-state index contributed by atoms with van der Waals surface area (Å²) in [6.07, 6.45) is 9.81. The number of aliphatic hydroxyl groups is 1. The van der Waals surface area contributed by atoms with Crippen molar-refractivity contribution >= 4 is 6.08 Å². The normalized spacial score (nSPS) is 17.0. The summed E-state index contributed by atoms with van der Waals surface area (Å²) in [5, 5.41) is 10.1. The van der Waals surface area contributed by atoms with Gasteiger partial charge in [-0.25, -0.2) is 0 Å². The largest absolute Gasteiger partial charge is 0.454 e. The molecule has 1 aromatic rings. The molecule has 1 heterocycles. The Kier molecular flexibility index (Phi) is 5.67. The summed E-state index contributed by atoms with van der Waals surface area (Å²) in [5.41, 5.74) is 1.89. The number of hydrogen-bond donors (Lipinski definition) is 1. The molecule has 0 saturated carbocycles. The van der Waals surface area contributed by atoms with Crippen molar-refractivity contribution in [3.63, 3.8) is 0 Å². The first kappa shape index (κ1) is 16.6. The SMILES string of the molecule is CC/C(=C\C=C\c1ccc2c(c1)OCO2)CCC(C)(O)CC. The quantitative estimate of drug-likeness (QED) is 0.742. The molecule has 22 heavy (non-hydrogen) atoms. The van der Waals surface area contributed by atoms with Gasteiger partial charge in [-0.15, -0.1) is 0 Å². The zero-order valence-corrected chi connectivity index (χ0v) is 13.8. The fraction of sp³-hybridized carbons (Fsp3) is 0.474. The van der Waals surface area contributed by atoms with Crippen molar-refractivity contribution in [3.05, 3.63) is 41.5 Å². The monoisotopic (exact) mass is 302 g/mol. The van der Waals surface area contributed by atoms with E-state index in [1.54, 1.807) is 0 Å². The van der Waals surface area contributed by atoms with Gasteiger partial charge in [0.1, 0.15) is 0 Å². The van der Waals surface area contributed by atoms with Crippen LogP contribution in [0.3, 0.4) is 0 Å². The topological polar surface area (TPSA) is 38.7 Å². The Bertz CT molecular complexity index is 556. The first-order valence-electron chi connectivity index (χ1n) is 8.02. The summed E-state index contributed by atoms with van der Waals surface area (Å²) in [5.74, 6) is 1.62. The number of benzene rings is 1. The van der Waals surface area contributed by atoms with Crippen LogP contribution in [0.4, 0.5) is 0 Å². The second-order valence-electron chi connectivity index (χ2n) is 6.00. The van der Waals surface area contributed by atoms with Crippen LogP contribution >= 0.6 is 0 Å². The fourth-order valence-electron chi connectivity index (χ4n) is 2.30. The van der Waals surface area contributed by atoms with E-state index in [9.17, 15) is 5.11 Å². The van der Waals surface area contributed by atoms with Gasteiger partial charge >= 0.3 is 0 Å². The molecule has 0 aromatic heterocycles. The van der Waals surface area contributed by atoms with Crippen LogP contribution in [-0.2, 0) is 0 Å². The van der Waals surface area contributed by atoms with Gasteiger partial charge in [-0.3, -0.25) is 0 Å². The predicted molar refractivity (Wildman–Crippen MR) is 90.1 cm³/mol. The molecule has 1 N–H and O–H groups in total. The van der Waals surface area contributed by atoms with E-state index in [1.807, 2.05) is 32.0 Å². The van der Waals surface area contributed by atoms with Crippen LogP contribution < -0.4 is 9.47 Å². The first-order chi connectivity index (χ1) is 10.5. The molecule has 0 spiro atoms. The van der Waals surface area contributed by atoms with Gasteiger partial charge < -0.3 is 14.6 Å². The summed E-state index contributed by atoms with van der Waals surface area (Å²) >= 11 is 0.